The Labute approximate surface area is 121 Å². The topological polar surface area (TPSA) is 33.2 Å². The van der Waals surface area contributed by atoms with Gasteiger partial charge in [-0.2, -0.15) is 11.8 Å². The molecule has 1 fully saturated rings. The molecule has 1 aromatic heterocycles. The van der Waals surface area contributed by atoms with Crippen LogP contribution in [0.3, 0.4) is 0 Å². The number of rotatable bonds is 2. The number of pyridine rings is 1. The zero-order valence-electron chi connectivity index (χ0n) is 10.0. The molecule has 1 saturated heterocycles. The van der Waals surface area contributed by atoms with Crippen molar-refractivity contribution in [3.05, 3.63) is 28.0 Å². The maximum absolute atomic E-state index is 12.3. The van der Waals surface area contributed by atoms with E-state index in [2.05, 4.69) is 11.9 Å². The summed E-state index contributed by atoms with van der Waals surface area (Å²) in [5.41, 5.74) is 0.506. The largest absolute Gasteiger partial charge is 0.337 e. The Hall–Kier alpha value is -0.450. The average Bonchev–Trinajstić information content (AvgIpc) is 2.41. The maximum Gasteiger partial charge on any atom is 0.255 e. The molecule has 6 heteroatoms. The van der Waals surface area contributed by atoms with Gasteiger partial charge in [-0.25, -0.2) is 4.98 Å². The summed E-state index contributed by atoms with van der Waals surface area (Å²) in [5, 5.41) is 1.08. The van der Waals surface area contributed by atoms with Crippen LogP contribution in [0.25, 0.3) is 0 Å². The van der Waals surface area contributed by atoms with Gasteiger partial charge in [0, 0.05) is 30.3 Å². The molecule has 0 aromatic carbocycles. The first-order valence-electron chi connectivity index (χ1n) is 5.83. The van der Waals surface area contributed by atoms with Gasteiger partial charge in [0.2, 0.25) is 0 Å². The standard InChI is InChI=1S/C12H14Cl2N2OS/c1-2-9-7-16(3-4-18-9)12(17)8-5-10(13)11(14)15-6-8/h5-6,9H,2-4,7H2,1H3. The first kappa shape index (κ1) is 14.0. The quantitative estimate of drug-likeness (QED) is 0.786. The summed E-state index contributed by atoms with van der Waals surface area (Å²) < 4.78 is 0. The Morgan fingerprint density at radius 2 is 2.39 bits per heavy atom. The lowest BCUT2D eigenvalue weighted by Gasteiger charge is -2.31. The summed E-state index contributed by atoms with van der Waals surface area (Å²) in [4.78, 5) is 18.1. The van der Waals surface area contributed by atoms with E-state index in [1.165, 1.54) is 6.20 Å². The van der Waals surface area contributed by atoms with E-state index in [4.69, 9.17) is 23.2 Å². The molecule has 2 rings (SSSR count). The minimum Gasteiger partial charge on any atom is -0.337 e. The van der Waals surface area contributed by atoms with Crippen molar-refractivity contribution in [3.63, 3.8) is 0 Å². The summed E-state index contributed by atoms with van der Waals surface area (Å²) in [5.74, 6) is 0.971. The highest BCUT2D eigenvalue weighted by atomic mass is 35.5. The van der Waals surface area contributed by atoms with Crippen molar-refractivity contribution in [2.24, 2.45) is 0 Å². The lowest BCUT2D eigenvalue weighted by Crippen LogP contribution is -2.41. The summed E-state index contributed by atoms with van der Waals surface area (Å²) in [6.07, 6.45) is 2.56. The van der Waals surface area contributed by atoms with Gasteiger partial charge in [0.1, 0.15) is 5.15 Å². The second kappa shape index (κ2) is 6.13. The SMILES string of the molecule is CCC1CN(C(=O)c2cnc(Cl)c(Cl)c2)CCS1. The maximum atomic E-state index is 12.3. The highest BCUT2D eigenvalue weighted by Crippen LogP contribution is 2.24. The normalized spacial score (nSPS) is 19.9. The van der Waals surface area contributed by atoms with Crippen LogP contribution >= 0.6 is 35.0 Å². The third-order valence-electron chi connectivity index (χ3n) is 2.92. The number of carbonyl (C=O) groups is 1. The highest BCUT2D eigenvalue weighted by Gasteiger charge is 2.24. The molecule has 1 unspecified atom stereocenters. The number of nitrogens with zero attached hydrogens (tertiary/aromatic N) is 2. The average molecular weight is 305 g/mol. The molecule has 18 heavy (non-hydrogen) atoms. The Bertz CT molecular complexity index is 456. The molecule has 0 N–H and O–H groups in total. The number of aromatic nitrogens is 1. The van der Waals surface area contributed by atoms with Gasteiger partial charge in [0.25, 0.3) is 5.91 Å². The lowest BCUT2D eigenvalue weighted by molar-refractivity contribution is 0.0760. The zero-order valence-corrected chi connectivity index (χ0v) is 12.4. The number of hydrogen-bond donors (Lipinski definition) is 0. The molecule has 0 spiro atoms. The van der Waals surface area contributed by atoms with Gasteiger partial charge in [-0.1, -0.05) is 30.1 Å². The predicted molar refractivity (Wildman–Crippen MR) is 76.7 cm³/mol. The number of hydrogen-bond acceptors (Lipinski definition) is 3. The van der Waals surface area contributed by atoms with Gasteiger partial charge < -0.3 is 4.90 Å². The minimum absolute atomic E-state index is 0.0141. The Morgan fingerprint density at radius 3 is 3.06 bits per heavy atom. The Morgan fingerprint density at radius 1 is 1.61 bits per heavy atom. The van der Waals surface area contributed by atoms with E-state index in [0.717, 1.165) is 25.3 Å². The molecule has 0 aliphatic carbocycles. The van der Waals surface area contributed by atoms with Gasteiger partial charge in [-0.3, -0.25) is 4.79 Å². The van der Waals surface area contributed by atoms with Gasteiger partial charge in [0.15, 0.2) is 0 Å². The fraction of sp³-hybridized carbons (Fsp3) is 0.500. The fourth-order valence-electron chi connectivity index (χ4n) is 1.87. The summed E-state index contributed by atoms with van der Waals surface area (Å²) in [6, 6.07) is 1.59. The van der Waals surface area contributed by atoms with Crippen LogP contribution in [-0.2, 0) is 0 Å². The molecular formula is C12H14Cl2N2OS. The second-order valence-corrected chi connectivity index (χ2v) is 6.32. The van der Waals surface area contributed by atoms with Crippen LogP contribution in [0.1, 0.15) is 23.7 Å². The number of halogens is 2. The lowest BCUT2D eigenvalue weighted by atomic mass is 10.2. The van der Waals surface area contributed by atoms with Crippen molar-refractivity contribution in [1.82, 2.24) is 9.88 Å². The molecule has 1 amide bonds. The first-order chi connectivity index (χ1) is 8.61. The molecule has 1 aliphatic heterocycles. The third kappa shape index (κ3) is 3.11. The van der Waals surface area contributed by atoms with Crippen LogP contribution in [0.15, 0.2) is 12.3 Å². The van der Waals surface area contributed by atoms with E-state index >= 15 is 0 Å². The molecule has 0 saturated carbocycles. The van der Waals surface area contributed by atoms with Crippen LogP contribution in [0.5, 0.6) is 0 Å². The molecule has 98 valence electrons. The predicted octanol–water partition coefficient (Wildman–Crippen LogP) is 3.36. The van der Waals surface area contributed by atoms with Crippen LogP contribution in [0, 0.1) is 0 Å². The smallest absolute Gasteiger partial charge is 0.255 e. The van der Waals surface area contributed by atoms with Gasteiger partial charge in [-0.05, 0) is 12.5 Å². The van der Waals surface area contributed by atoms with Crippen LogP contribution in [0.4, 0.5) is 0 Å². The van der Waals surface area contributed by atoms with Crippen LogP contribution < -0.4 is 0 Å². The Kier molecular flexibility index (Phi) is 4.76. The van der Waals surface area contributed by atoms with Crippen molar-refractivity contribution in [3.8, 4) is 0 Å². The molecule has 0 bridgehead atoms. The van der Waals surface area contributed by atoms with E-state index < -0.39 is 0 Å². The van der Waals surface area contributed by atoms with Crippen molar-refractivity contribution in [1.29, 1.82) is 0 Å². The molecular weight excluding hydrogens is 291 g/mol. The summed E-state index contributed by atoms with van der Waals surface area (Å²) in [7, 11) is 0. The highest BCUT2D eigenvalue weighted by molar-refractivity contribution is 8.00. The van der Waals surface area contributed by atoms with Crippen LogP contribution in [-0.4, -0.2) is 39.9 Å². The molecule has 3 nitrogen and oxygen atoms in total. The number of carbonyl (C=O) groups excluding carboxylic acids is 1. The number of amides is 1. The van der Waals surface area contributed by atoms with Gasteiger partial charge in [-0.15, -0.1) is 0 Å². The minimum atomic E-state index is -0.0141. The van der Waals surface area contributed by atoms with Crippen molar-refractivity contribution >= 4 is 40.9 Å². The van der Waals surface area contributed by atoms with E-state index in [1.54, 1.807) is 6.07 Å². The van der Waals surface area contributed by atoms with Gasteiger partial charge in [0.05, 0.1) is 10.6 Å². The zero-order chi connectivity index (χ0) is 13.1. The van der Waals surface area contributed by atoms with Crippen molar-refractivity contribution < 1.29 is 4.79 Å². The van der Waals surface area contributed by atoms with Crippen molar-refractivity contribution in [2.45, 2.75) is 18.6 Å². The molecule has 0 radical (unpaired) electrons. The molecule has 2 heterocycles. The molecule has 1 aromatic rings. The first-order valence-corrected chi connectivity index (χ1v) is 7.64. The van der Waals surface area contributed by atoms with Crippen molar-refractivity contribution in [2.75, 3.05) is 18.8 Å². The van der Waals surface area contributed by atoms with E-state index in [9.17, 15) is 4.79 Å². The van der Waals surface area contributed by atoms with Crippen LogP contribution in [0.2, 0.25) is 10.2 Å². The fourth-order valence-corrected chi connectivity index (χ4v) is 3.32. The number of thioether (sulfide) groups is 1. The summed E-state index contributed by atoms with van der Waals surface area (Å²) in [6.45, 7) is 3.72. The van der Waals surface area contributed by atoms with E-state index in [0.29, 0.717) is 15.8 Å². The van der Waals surface area contributed by atoms with Gasteiger partial charge >= 0.3 is 0 Å². The van der Waals surface area contributed by atoms with E-state index in [-0.39, 0.29) is 11.1 Å². The molecule has 1 atom stereocenters. The van der Waals surface area contributed by atoms with E-state index in [1.807, 2.05) is 16.7 Å². The third-order valence-corrected chi connectivity index (χ3v) is 4.98. The summed E-state index contributed by atoms with van der Waals surface area (Å²) >= 11 is 13.6. The monoisotopic (exact) mass is 304 g/mol. The molecule has 1 aliphatic rings. The Balaban J connectivity index is 2.12. The second-order valence-electron chi connectivity index (χ2n) is 4.15.